The van der Waals surface area contributed by atoms with Gasteiger partial charge in [-0.2, -0.15) is 0 Å². The first kappa shape index (κ1) is 12.9. The standard InChI is InChI=1S/C12H18FNO2/c1-9(14-2)12-10(13)5-3-6-11(12)16-8-4-7-15/h3,5-6,9,14-15H,4,7-8H2,1-2H3. The molecule has 0 heterocycles. The second kappa shape index (κ2) is 6.45. The highest BCUT2D eigenvalue weighted by Crippen LogP contribution is 2.27. The molecule has 1 aromatic carbocycles. The molecule has 0 aliphatic carbocycles. The molecule has 0 aliphatic rings. The van der Waals surface area contributed by atoms with Gasteiger partial charge in [0.25, 0.3) is 0 Å². The van der Waals surface area contributed by atoms with Crippen LogP contribution in [0.4, 0.5) is 4.39 Å². The van der Waals surface area contributed by atoms with E-state index in [-0.39, 0.29) is 18.5 Å². The van der Waals surface area contributed by atoms with Gasteiger partial charge in [0, 0.05) is 24.6 Å². The Hall–Kier alpha value is -1.13. The molecule has 4 heteroatoms. The molecule has 0 bridgehead atoms. The van der Waals surface area contributed by atoms with E-state index in [9.17, 15) is 4.39 Å². The summed E-state index contributed by atoms with van der Waals surface area (Å²) in [5, 5.41) is 11.6. The van der Waals surface area contributed by atoms with Gasteiger partial charge in [-0.25, -0.2) is 4.39 Å². The molecule has 90 valence electrons. The number of nitrogens with one attached hydrogen (secondary N) is 1. The van der Waals surface area contributed by atoms with E-state index in [1.807, 2.05) is 6.92 Å². The van der Waals surface area contributed by atoms with Crippen LogP contribution < -0.4 is 10.1 Å². The van der Waals surface area contributed by atoms with E-state index in [2.05, 4.69) is 5.32 Å². The van der Waals surface area contributed by atoms with E-state index in [4.69, 9.17) is 9.84 Å². The average Bonchev–Trinajstić information content (AvgIpc) is 2.29. The normalized spacial score (nSPS) is 12.5. The van der Waals surface area contributed by atoms with Gasteiger partial charge in [-0.1, -0.05) is 6.07 Å². The van der Waals surface area contributed by atoms with Crippen LogP contribution in [0, 0.1) is 5.82 Å². The maximum atomic E-state index is 13.6. The van der Waals surface area contributed by atoms with Gasteiger partial charge in [0.1, 0.15) is 11.6 Å². The molecule has 0 saturated heterocycles. The highest BCUT2D eigenvalue weighted by atomic mass is 19.1. The Morgan fingerprint density at radius 1 is 1.50 bits per heavy atom. The molecule has 0 radical (unpaired) electrons. The van der Waals surface area contributed by atoms with Crippen LogP contribution in [-0.2, 0) is 0 Å². The fourth-order valence-electron chi connectivity index (χ4n) is 1.45. The van der Waals surface area contributed by atoms with Crippen molar-refractivity contribution in [2.45, 2.75) is 19.4 Å². The first-order chi connectivity index (χ1) is 7.70. The molecule has 1 unspecified atom stereocenters. The fourth-order valence-corrected chi connectivity index (χ4v) is 1.45. The van der Waals surface area contributed by atoms with Gasteiger partial charge >= 0.3 is 0 Å². The quantitative estimate of drug-likeness (QED) is 0.729. The minimum Gasteiger partial charge on any atom is -0.493 e. The Labute approximate surface area is 95.2 Å². The van der Waals surface area contributed by atoms with E-state index < -0.39 is 0 Å². The van der Waals surface area contributed by atoms with E-state index >= 15 is 0 Å². The van der Waals surface area contributed by atoms with Crippen molar-refractivity contribution in [3.8, 4) is 5.75 Å². The summed E-state index contributed by atoms with van der Waals surface area (Å²) in [5.74, 6) is 0.263. The second-order valence-electron chi connectivity index (χ2n) is 3.59. The lowest BCUT2D eigenvalue weighted by Gasteiger charge is -2.17. The van der Waals surface area contributed by atoms with E-state index in [0.29, 0.717) is 24.3 Å². The number of hydrogen-bond donors (Lipinski definition) is 2. The molecular formula is C12H18FNO2. The zero-order valence-corrected chi connectivity index (χ0v) is 9.66. The van der Waals surface area contributed by atoms with Crippen LogP contribution in [0.5, 0.6) is 5.75 Å². The SMILES string of the molecule is CNC(C)c1c(F)cccc1OCCCO. The number of aliphatic hydroxyl groups is 1. The van der Waals surface area contributed by atoms with E-state index in [1.54, 1.807) is 19.2 Å². The number of rotatable bonds is 6. The maximum Gasteiger partial charge on any atom is 0.131 e. The van der Waals surface area contributed by atoms with Crippen LogP contribution in [0.2, 0.25) is 0 Å². The van der Waals surface area contributed by atoms with Crippen LogP contribution in [0.15, 0.2) is 18.2 Å². The molecule has 1 aromatic rings. The summed E-state index contributed by atoms with van der Waals surface area (Å²) in [6.07, 6.45) is 0.546. The summed E-state index contributed by atoms with van der Waals surface area (Å²) >= 11 is 0. The number of aliphatic hydroxyl groups excluding tert-OH is 1. The fraction of sp³-hybridized carbons (Fsp3) is 0.500. The third kappa shape index (κ3) is 3.18. The Morgan fingerprint density at radius 3 is 2.88 bits per heavy atom. The van der Waals surface area contributed by atoms with Gasteiger partial charge in [-0.15, -0.1) is 0 Å². The number of halogens is 1. The highest BCUT2D eigenvalue weighted by molar-refractivity contribution is 5.36. The third-order valence-electron chi connectivity index (χ3n) is 2.44. The molecule has 0 amide bonds. The predicted molar refractivity (Wildman–Crippen MR) is 61.1 cm³/mol. The Bertz CT molecular complexity index is 331. The average molecular weight is 227 g/mol. The lowest BCUT2D eigenvalue weighted by Crippen LogP contribution is -2.16. The number of ether oxygens (including phenoxy) is 1. The van der Waals surface area contributed by atoms with Crippen molar-refractivity contribution in [3.63, 3.8) is 0 Å². The van der Waals surface area contributed by atoms with E-state index in [0.717, 1.165) is 0 Å². The van der Waals surface area contributed by atoms with Crippen LogP contribution >= 0.6 is 0 Å². The maximum absolute atomic E-state index is 13.6. The zero-order chi connectivity index (χ0) is 12.0. The molecular weight excluding hydrogens is 209 g/mol. The Kier molecular flexibility index (Phi) is 5.22. The van der Waals surface area contributed by atoms with Crippen molar-refractivity contribution in [2.24, 2.45) is 0 Å². The van der Waals surface area contributed by atoms with Crippen molar-refractivity contribution >= 4 is 0 Å². The monoisotopic (exact) mass is 227 g/mol. The molecule has 2 N–H and O–H groups in total. The van der Waals surface area contributed by atoms with Gasteiger partial charge in [0.2, 0.25) is 0 Å². The predicted octanol–water partition coefficient (Wildman–Crippen LogP) is 1.87. The lowest BCUT2D eigenvalue weighted by atomic mass is 10.1. The molecule has 1 rings (SSSR count). The van der Waals surface area contributed by atoms with Crippen molar-refractivity contribution in [1.29, 1.82) is 0 Å². The molecule has 0 spiro atoms. The largest absolute Gasteiger partial charge is 0.493 e. The summed E-state index contributed by atoms with van der Waals surface area (Å²) in [7, 11) is 1.77. The molecule has 1 atom stereocenters. The summed E-state index contributed by atoms with van der Waals surface area (Å²) in [4.78, 5) is 0. The third-order valence-corrected chi connectivity index (χ3v) is 2.44. The minimum atomic E-state index is -0.275. The minimum absolute atomic E-state index is 0.0756. The topological polar surface area (TPSA) is 41.5 Å². The lowest BCUT2D eigenvalue weighted by molar-refractivity contribution is 0.231. The van der Waals surface area contributed by atoms with Gasteiger partial charge < -0.3 is 15.2 Å². The van der Waals surface area contributed by atoms with Crippen LogP contribution in [0.3, 0.4) is 0 Å². The summed E-state index contributed by atoms with van der Waals surface area (Å²) in [6, 6.07) is 4.67. The van der Waals surface area contributed by atoms with Gasteiger partial charge in [-0.05, 0) is 26.1 Å². The molecule has 0 fully saturated rings. The number of hydrogen-bond acceptors (Lipinski definition) is 3. The molecule has 0 aromatic heterocycles. The summed E-state index contributed by atoms with van der Waals surface area (Å²) in [6.45, 7) is 2.34. The van der Waals surface area contributed by atoms with Crippen LogP contribution in [-0.4, -0.2) is 25.4 Å². The molecule has 0 aliphatic heterocycles. The smallest absolute Gasteiger partial charge is 0.131 e. The first-order valence-electron chi connectivity index (χ1n) is 5.40. The van der Waals surface area contributed by atoms with Gasteiger partial charge in [0.15, 0.2) is 0 Å². The van der Waals surface area contributed by atoms with E-state index in [1.165, 1.54) is 6.07 Å². The van der Waals surface area contributed by atoms with Crippen LogP contribution in [0.1, 0.15) is 24.9 Å². The summed E-state index contributed by atoms with van der Waals surface area (Å²) in [5.41, 5.74) is 0.530. The second-order valence-corrected chi connectivity index (χ2v) is 3.59. The Morgan fingerprint density at radius 2 is 2.25 bits per heavy atom. The van der Waals surface area contributed by atoms with Crippen LogP contribution in [0.25, 0.3) is 0 Å². The zero-order valence-electron chi connectivity index (χ0n) is 9.66. The summed E-state index contributed by atoms with van der Waals surface area (Å²) < 4.78 is 19.1. The van der Waals surface area contributed by atoms with Crippen molar-refractivity contribution in [3.05, 3.63) is 29.6 Å². The van der Waals surface area contributed by atoms with Crippen molar-refractivity contribution in [2.75, 3.05) is 20.3 Å². The van der Waals surface area contributed by atoms with Gasteiger partial charge in [0.05, 0.1) is 6.61 Å². The van der Waals surface area contributed by atoms with Crippen molar-refractivity contribution in [1.82, 2.24) is 5.32 Å². The Balaban J connectivity index is 2.85. The van der Waals surface area contributed by atoms with Crippen molar-refractivity contribution < 1.29 is 14.2 Å². The molecule has 0 saturated carbocycles. The molecule has 16 heavy (non-hydrogen) atoms. The van der Waals surface area contributed by atoms with Gasteiger partial charge in [-0.3, -0.25) is 0 Å². The number of benzene rings is 1. The first-order valence-corrected chi connectivity index (χ1v) is 5.40. The highest BCUT2D eigenvalue weighted by Gasteiger charge is 2.14. The molecule has 3 nitrogen and oxygen atoms in total.